The molecule has 0 unspecified atom stereocenters. The molecule has 4 rings (SSSR count). The zero-order valence-electron chi connectivity index (χ0n) is 15.8. The largest absolute Gasteiger partial charge is 0.493 e. The molecule has 0 saturated carbocycles. The van der Waals surface area contributed by atoms with Crippen LogP contribution in [0.2, 0.25) is 0 Å². The zero-order valence-corrected chi connectivity index (χ0v) is 16.7. The summed E-state index contributed by atoms with van der Waals surface area (Å²) in [7, 11) is 1.57. The number of aromatic nitrogens is 2. The van der Waals surface area contributed by atoms with Gasteiger partial charge in [-0.25, -0.2) is 9.38 Å². The van der Waals surface area contributed by atoms with Gasteiger partial charge in [-0.2, -0.15) is 0 Å². The van der Waals surface area contributed by atoms with Crippen molar-refractivity contribution in [1.82, 2.24) is 9.38 Å². The Balaban J connectivity index is 1.88. The van der Waals surface area contributed by atoms with Crippen LogP contribution in [-0.2, 0) is 6.42 Å². The SMILES string of the molecule is C#CCOc1c(CC=C)cc(/C=c2\sc3nc4ccccc4n3c2=O)cc1OC. The van der Waals surface area contributed by atoms with Crippen LogP contribution in [-0.4, -0.2) is 23.1 Å². The summed E-state index contributed by atoms with van der Waals surface area (Å²) in [5.41, 5.74) is 3.26. The lowest BCUT2D eigenvalue weighted by atomic mass is 10.1. The van der Waals surface area contributed by atoms with E-state index < -0.39 is 0 Å². The molecule has 0 aliphatic carbocycles. The molecule has 0 fully saturated rings. The second kappa shape index (κ2) is 7.82. The topological polar surface area (TPSA) is 52.8 Å². The van der Waals surface area contributed by atoms with Gasteiger partial charge >= 0.3 is 0 Å². The standard InChI is InChI=1S/C23H18N2O3S/c1-4-8-16-12-15(13-19(27-3)21(16)28-11-5-2)14-20-22(26)25-18-10-7-6-9-17(18)24-23(25)29-20/h2,4,6-7,9-10,12-14H,1,8,11H2,3H3/b20-14-. The third-order valence-corrected chi connectivity index (χ3v) is 5.45. The number of hydrogen-bond acceptors (Lipinski definition) is 5. The van der Waals surface area contributed by atoms with Crippen molar-refractivity contribution in [3.63, 3.8) is 0 Å². The highest BCUT2D eigenvalue weighted by Gasteiger charge is 2.14. The minimum absolute atomic E-state index is 0.0874. The Morgan fingerprint density at radius 3 is 2.93 bits per heavy atom. The lowest BCUT2D eigenvalue weighted by Crippen LogP contribution is -2.22. The monoisotopic (exact) mass is 402 g/mol. The van der Waals surface area contributed by atoms with Gasteiger partial charge in [0.2, 0.25) is 0 Å². The van der Waals surface area contributed by atoms with Crippen LogP contribution in [0, 0.1) is 12.3 Å². The van der Waals surface area contributed by atoms with E-state index in [0.29, 0.717) is 27.4 Å². The number of hydrogen-bond donors (Lipinski definition) is 0. The van der Waals surface area contributed by atoms with Gasteiger partial charge < -0.3 is 9.47 Å². The summed E-state index contributed by atoms with van der Waals surface area (Å²) in [6.45, 7) is 3.95. The van der Waals surface area contributed by atoms with Crippen molar-refractivity contribution in [1.29, 1.82) is 0 Å². The van der Waals surface area contributed by atoms with Crippen molar-refractivity contribution in [2.75, 3.05) is 13.7 Å². The van der Waals surface area contributed by atoms with Crippen LogP contribution in [0.3, 0.4) is 0 Å². The Morgan fingerprint density at radius 2 is 2.17 bits per heavy atom. The molecule has 2 aromatic carbocycles. The first-order valence-electron chi connectivity index (χ1n) is 8.96. The van der Waals surface area contributed by atoms with Gasteiger partial charge in [-0.3, -0.25) is 4.79 Å². The summed E-state index contributed by atoms with van der Waals surface area (Å²) in [6, 6.07) is 11.4. The van der Waals surface area contributed by atoms with E-state index in [1.54, 1.807) is 17.6 Å². The summed E-state index contributed by atoms with van der Waals surface area (Å²) in [5, 5.41) is 0. The number of rotatable bonds is 6. The summed E-state index contributed by atoms with van der Waals surface area (Å²) >= 11 is 1.36. The van der Waals surface area contributed by atoms with E-state index in [9.17, 15) is 4.79 Å². The number of para-hydroxylation sites is 2. The third kappa shape index (κ3) is 3.37. The van der Waals surface area contributed by atoms with Crippen molar-refractivity contribution >= 4 is 33.4 Å². The first kappa shape index (κ1) is 18.8. The summed E-state index contributed by atoms with van der Waals surface area (Å²) in [6.07, 6.45) is 9.53. The van der Waals surface area contributed by atoms with Crippen LogP contribution in [0.25, 0.3) is 22.1 Å². The fraction of sp³-hybridized carbons (Fsp3) is 0.130. The molecule has 0 N–H and O–H groups in total. The summed E-state index contributed by atoms with van der Waals surface area (Å²) in [4.78, 5) is 18.2. The molecule has 0 amide bonds. The second-order valence-electron chi connectivity index (χ2n) is 6.33. The number of fused-ring (bicyclic) bond motifs is 3. The van der Waals surface area contributed by atoms with Crippen LogP contribution in [0.1, 0.15) is 11.1 Å². The third-order valence-electron chi connectivity index (χ3n) is 4.48. The Labute approximate surface area is 171 Å². The number of thiazole rings is 1. The zero-order chi connectivity index (χ0) is 20.4. The molecule has 0 bridgehead atoms. The first-order chi connectivity index (χ1) is 14.2. The lowest BCUT2D eigenvalue weighted by molar-refractivity contribution is 0.328. The molecular weight excluding hydrogens is 384 g/mol. The number of terminal acetylenes is 1. The van der Waals surface area contributed by atoms with Gasteiger partial charge in [0, 0.05) is 5.56 Å². The molecule has 0 saturated heterocycles. The molecule has 144 valence electrons. The van der Waals surface area contributed by atoms with Gasteiger partial charge in [0.05, 0.1) is 22.7 Å². The molecule has 2 heterocycles. The Hall–Kier alpha value is -3.56. The predicted octanol–water partition coefficient (Wildman–Crippen LogP) is 3.21. The molecule has 2 aromatic heterocycles. The van der Waals surface area contributed by atoms with Gasteiger partial charge in [0.25, 0.3) is 5.56 Å². The van der Waals surface area contributed by atoms with E-state index in [4.69, 9.17) is 15.9 Å². The van der Waals surface area contributed by atoms with E-state index >= 15 is 0 Å². The number of nitrogens with zero attached hydrogens (tertiary/aromatic N) is 2. The lowest BCUT2D eigenvalue weighted by Gasteiger charge is -2.14. The number of allylic oxidation sites excluding steroid dienone is 1. The highest BCUT2D eigenvalue weighted by atomic mass is 32.1. The number of benzene rings is 2. The average molecular weight is 402 g/mol. The van der Waals surface area contributed by atoms with Crippen molar-refractivity contribution in [2.24, 2.45) is 0 Å². The number of imidazole rings is 1. The van der Waals surface area contributed by atoms with E-state index in [1.165, 1.54) is 11.3 Å². The molecule has 0 aliphatic rings. The Kier molecular flexibility index (Phi) is 5.07. The van der Waals surface area contributed by atoms with Gasteiger partial charge in [-0.1, -0.05) is 35.5 Å². The van der Waals surface area contributed by atoms with Crippen LogP contribution in [0.5, 0.6) is 11.5 Å². The summed E-state index contributed by atoms with van der Waals surface area (Å²) in [5.74, 6) is 3.62. The molecule has 29 heavy (non-hydrogen) atoms. The smallest absolute Gasteiger partial charge is 0.274 e. The van der Waals surface area contributed by atoms with E-state index in [-0.39, 0.29) is 12.2 Å². The maximum Gasteiger partial charge on any atom is 0.274 e. The fourth-order valence-electron chi connectivity index (χ4n) is 3.27. The van der Waals surface area contributed by atoms with Gasteiger partial charge in [0.15, 0.2) is 16.5 Å². The molecule has 0 spiro atoms. The van der Waals surface area contributed by atoms with Gasteiger partial charge in [-0.15, -0.1) is 13.0 Å². The number of ether oxygens (including phenoxy) is 2. The molecule has 0 radical (unpaired) electrons. The Bertz CT molecular complexity index is 1380. The Morgan fingerprint density at radius 1 is 1.34 bits per heavy atom. The van der Waals surface area contributed by atoms with E-state index in [0.717, 1.165) is 22.2 Å². The second-order valence-corrected chi connectivity index (χ2v) is 7.34. The van der Waals surface area contributed by atoms with Crippen molar-refractivity contribution in [3.05, 3.63) is 75.1 Å². The number of methoxy groups -OCH3 is 1. The van der Waals surface area contributed by atoms with Crippen molar-refractivity contribution < 1.29 is 9.47 Å². The quantitative estimate of drug-likeness (QED) is 0.367. The van der Waals surface area contributed by atoms with E-state index in [2.05, 4.69) is 17.5 Å². The van der Waals surface area contributed by atoms with Crippen molar-refractivity contribution in [3.8, 4) is 23.8 Å². The van der Waals surface area contributed by atoms with Crippen LogP contribution in [0.4, 0.5) is 0 Å². The molecule has 5 nitrogen and oxygen atoms in total. The molecule has 0 aliphatic heterocycles. The van der Waals surface area contributed by atoms with Gasteiger partial charge in [-0.05, 0) is 42.3 Å². The maximum atomic E-state index is 13.0. The van der Waals surface area contributed by atoms with E-state index in [1.807, 2.05) is 42.5 Å². The normalized spacial score (nSPS) is 11.7. The molecular formula is C23H18N2O3S. The molecule has 6 heteroatoms. The minimum Gasteiger partial charge on any atom is -0.493 e. The highest BCUT2D eigenvalue weighted by molar-refractivity contribution is 7.15. The summed E-state index contributed by atoms with van der Waals surface area (Å²) < 4.78 is 13.4. The predicted molar refractivity (Wildman–Crippen MR) is 117 cm³/mol. The fourth-order valence-corrected chi connectivity index (χ4v) is 4.25. The molecule has 4 aromatic rings. The first-order valence-corrected chi connectivity index (χ1v) is 9.77. The van der Waals surface area contributed by atoms with Crippen molar-refractivity contribution in [2.45, 2.75) is 6.42 Å². The minimum atomic E-state index is -0.0874. The van der Waals surface area contributed by atoms with Gasteiger partial charge in [0.1, 0.15) is 6.61 Å². The van der Waals surface area contributed by atoms with Crippen LogP contribution < -0.4 is 19.6 Å². The average Bonchev–Trinajstić information content (AvgIpc) is 3.23. The maximum absolute atomic E-state index is 13.0. The highest BCUT2D eigenvalue weighted by Crippen LogP contribution is 2.34. The molecule has 0 atom stereocenters. The van der Waals surface area contributed by atoms with Crippen LogP contribution >= 0.6 is 11.3 Å². The van der Waals surface area contributed by atoms with Crippen LogP contribution in [0.15, 0.2) is 53.8 Å².